The van der Waals surface area contributed by atoms with Gasteiger partial charge in [0.05, 0.1) is 12.5 Å². The van der Waals surface area contributed by atoms with Gasteiger partial charge in [-0.15, -0.1) is 0 Å². The van der Waals surface area contributed by atoms with Gasteiger partial charge in [-0.3, -0.25) is 0 Å². The summed E-state index contributed by atoms with van der Waals surface area (Å²) in [6.45, 7) is 8.39. The number of rotatable bonds is 2. The maximum absolute atomic E-state index is 8.88. The molecule has 102 valence electrons. The second kappa shape index (κ2) is 5.52. The Bertz CT molecular complexity index is 505. The Kier molecular flexibility index (Phi) is 4.17. The number of anilines is 1. The number of aryl methyl sites for hydroxylation is 1. The van der Waals surface area contributed by atoms with Gasteiger partial charge in [-0.1, -0.05) is 15.9 Å². The zero-order valence-corrected chi connectivity index (χ0v) is 13.3. The van der Waals surface area contributed by atoms with E-state index >= 15 is 0 Å². The number of nitriles is 1. The number of hydrogen-bond acceptors (Lipinski definition) is 3. The molecular formula is C15H20BrN3. The van der Waals surface area contributed by atoms with Crippen molar-refractivity contribution in [2.45, 2.75) is 38.8 Å². The summed E-state index contributed by atoms with van der Waals surface area (Å²) in [5.41, 5.74) is 2.59. The average molecular weight is 322 g/mol. The maximum atomic E-state index is 8.88. The van der Waals surface area contributed by atoms with Crippen LogP contribution < -0.4 is 10.2 Å². The minimum atomic E-state index is 0.0601. The number of benzene rings is 1. The highest BCUT2D eigenvalue weighted by Gasteiger charge is 2.34. The van der Waals surface area contributed by atoms with Gasteiger partial charge >= 0.3 is 0 Å². The zero-order valence-electron chi connectivity index (χ0n) is 11.7. The van der Waals surface area contributed by atoms with E-state index in [0.29, 0.717) is 6.42 Å². The SMILES string of the molecule is Cc1cc(Br)ccc1N1CC(CC#N)NCC1(C)C. The van der Waals surface area contributed by atoms with Gasteiger partial charge in [-0.25, -0.2) is 0 Å². The van der Waals surface area contributed by atoms with E-state index in [4.69, 9.17) is 5.26 Å². The second-order valence-electron chi connectivity index (χ2n) is 5.79. The lowest BCUT2D eigenvalue weighted by molar-refractivity contribution is 0.324. The fourth-order valence-corrected chi connectivity index (χ4v) is 3.09. The fraction of sp³-hybridized carbons (Fsp3) is 0.533. The molecule has 0 amide bonds. The summed E-state index contributed by atoms with van der Waals surface area (Å²) in [5.74, 6) is 0. The first-order valence-electron chi connectivity index (χ1n) is 6.58. The Labute approximate surface area is 123 Å². The molecule has 1 unspecified atom stereocenters. The first-order valence-corrected chi connectivity index (χ1v) is 7.37. The van der Waals surface area contributed by atoms with Crippen LogP contribution in [-0.2, 0) is 0 Å². The van der Waals surface area contributed by atoms with Crippen LogP contribution in [0, 0.1) is 18.3 Å². The summed E-state index contributed by atoms with van der Waals surface area (Å²) in [6, 6.07) is 8.91. The molecule has 0 aromatic heterocycles. The lowest BCUT2D eigenvalue weighted by Crippen LogP contribution is -2.62. The van der Waals surface area contributed by atoms with E-state index in [-0.39, 0.29) is 11.6 Å². The van der Waals surface area contributed by atoms with Crippen molar-refractivity contribution in [1.82, 2.24) is 5.32 Å². The van der Waals surface area contributed by atoms with Gasteiger partial charge in [0.1, 0.15) is 0 Å². The summed E-state index contributed by atoms with van der Waals surface area (Å²) in [7, 11) is 0. The van der Waals surface area contributed by atoms with Gasteiger partial charge in [-0.2, -0.15) is 5.26 Å². The van der Waals surface area contributed by atoms with Crippen LogP contribution in [0.4, 0.5) is 5.69 Å². The number of hydrogen-bond donors (Lipinski definition) is 1. The van der Waals surface area contributed by atoms with Crippen LogP contribution in [0.3, 0.4) is 0 Å². The van der Waals surface area contributed by atoms with E-state index in [0.717, 1.165) is 17.6 Å². The smallest absolute Gasteiger partial charge is 0.0638 e. The van der Waals surface area contributed by atoms with Crippen LogP contribution in [-0.4, -0.2) is 24.7 Å². The third-order valence-electron chi connectivity index (χ3n) is 3.74. The predicted octanol–water partition coefficient (Wildman–Crippen LogP) is 3.23. The monoisotopic (exact) mass is 321 g/mol. The minimum Gasteiger partial charge on any atom is -0.363 e. The Balaban J connectivity index is 2.31. The van der Waals surface area contributed by atoms with Gasteiger partial charge in [0, 0.05) is 34.8 Å². The van der Waals surface area contributed by atoms with Crippen molar-refractivity contribution in [3.63, 3.8) is 0 Å². The number of nitrogens with one attached hydrogen (secondary N) is 1. The lowest BCUT2D eigenvalue weighted by atomic mass is 9.94. The summed E-state index contributed by atoms with van der Waals surface area (Å²) in [5, 5.41) is 12.3. The molecule has 1 N–H and O–H groups in total. The molecule has 1 heterocycles. The van der Waals surface area contributed by atoms with Crippen molar-refractivity contribution in [2.75, 3.05) is 18.0 Å². The highest BCUT2D eigenvalue weighted by molar-refractivity contribution is 9.10. The fourth-order valence-electron chi connectivity index (χ4n) is 2.61. The zero-order chi connectivity index (χ0) is 14.0. The first kappa shape index (κ1) is 14.4. The molecule has 1 saturated heterocycles. The van der Waals surface area contributed by atoms with Gasteiger partial charge in [0.2, 0.25) is 0 Å². The third kappa shape index (κ3) is 3.10. The molecule has 1 aromatic rings. The second-order valence-corrected chi connectivity index (χ2v) is 6.71. The Morgan fingerprint density at radius 3 is 2.89 bits per heavy atom. The van der Waals surface area contributed by atoms with Crippen LogP contribution in [0.25, 0.3) is 0 Å². The van der Waals surface area contributed by atoms with Crippen molar-refractivity contribution in [1.29, 1.82) is 5.26 Å². The van der Waals surface area contributed by atoms with Crippen molar-refractivity contribution in [3.8, 4) is 6.07 Å². The Morgan fingerprint density at radius 2 is 2.26 bits per heavy atom. The summed E-state index contributed by atoms with van der Waals surface area (Å²) in [6.07, 6.45) is 0.558. The highest BCUT2D eigenvalue weighted by Crippen LogP contribution is 2.31. The van der Waals surface area contributed by atoms with E-state index in [1.807, 2.05) is 0 Å². The first-order chi connectivity index (χ1) is 8.94. The standard InChI is InChI=1S/C15H20BrN3/c1-11-8-12(16)4-5-14(11)19-9-13(6-7-17)18-10-15(19,2)3/h4-5,8,13,18H,6,9-10H2,1-3H3. The van der Waals surface area contributed by atoms with Crippen LogP contribution in [0.15, 0.2) is 22.7 Å². The summed E-state index contributed by atoms with van der Waals surface area (Å²) < 4.78 is 1.11. The molecule has 0 bridgehead atoms. The molecule has 0 aliphatic carbocycles. The molecular weight excluding hydrogens is 302 g/mol. The van der Waals surface area contributed by atoms with Crippen LogP contribution in [0.2, 0.25) is 0 Å². The lowest BCUT2D eigenvalue weighted by Gasteiger charge is -2.48. The average Bonchev–Trinajstić information content (AvgIpc) is 2.32. The Morgan fingerprint density at radius 1 is 1.53 bits per heavy atom. The molecule has 0 saturated carbocycles. The van der Waals surface area contributed by atoms with Gasteiger partial charge in [-0.05, 0) is 44.5 Å². The van der Waals surface area contributed by atoms with Gasteiger partial charge in [0.25, 0.3) is 0 Å². The number of piperazine rings is 1. The van der Waals surface area contributed by atoms with Gasteiger partial charge < -0.3 is 10.2 Å². The van der Waals surface area contributed by atoms with E-state index < -0.39 is 0 Å². The van der Waals surface area contributed by atoms with E-state index in [1.165, 1.54) is 11.3 Å². The minimum absolute atomic E-state index is 0.0601. The van der Waals surface area contributed by atoms with Crippen molar-refractivity contribution < 1.29 is 0 Å². The summed E-state index contributed by atoms with van der Waals surface area (Å²) in [4.78, 5) is 2.42. The van der Waals surface area contributed by atoms with Crippen molar-refractivity contribution in [2.24, 2.45) is 0 Å². The van der Waals surface area contributed by atoms with Crippen molar-refractivity contribution in [3.05, 3.63) is 28.2 Å². The molecule has 0 spiro atoms. The molecule has 0 radical (unpaired) electrons. The van der Waals surface area contributed by atoms with E-state index in [1.54, 1.807) is 0 Å². The molecule has 1 aliphatic heterocycles. The normalized spacial score (nSPS) is 22.1. The topological polar surface area (TPSA) is 39.1 Å². The predicted molar refractivity (Wildman–Crippen MR) is 82.3 cm³/mol. The van der Waals surface area contributed by atoms with Crippen LogP contribution in [0.1, 0.15) is 25.8 Å². The van der Waals surface area contributed by atoms with Crippen LogP contribution >= 0.6 is 15.9 Å². The van der Waals surface area contributed by atoms with Crippen LogP contribution in [0.5, 0.6) is 0 Å². The van der Waals surface area contributed by atoms with E-state index in [2.05, 4.69) is 71.2 Å². The number of halogens is 1. The molecule has 1 aromatic carbocycles. The molecule has 3 nitrogen and oxygen atoms in total. The maximum Gasteiger partial charge on any atom is 0.0638 e. The third-order valence-corrected chi connectivity index (χ3v) is 4.24. The van der Waals surface area contributed by atoms with Crippen molar-refractivity contribution >= 4 is 21.6 Å². The Hall–Kier alpha value is -1.05. The van der Waals surface area contributed by atoms with Gasteiger partial charge in [0.15, 0.2) is 0 Å². The molecule has 2 rings (SSSR count). The molecule has 1 atom stereocenters. The van der Waals surface area contributed by atoms with E-state index in [9.17, 15) is 0 Å². The highest BCUT2D eigenvalue weighted by atomic mass is 79.9. The molecule has 19 heavy (non-hydrogen) atoms. The quantitative estimate of drug-likeness (QED) is 0.909. The summed E-state index contributed by atoms with van der Waals surface area (Å²) >= 11 is 3.51. The largest absolute Gasteiger partial charge is 0.363 e. The molecule has 1 fully saturated rings. The number of nitrogens with zero attached hydrogens (tertiary/aromatic N) is 2. The molecule has 4 heteroatoms. The molecule has 1 aliphatic rings.